The van der Waals surface area contributed by atoms with E-state index in [2.05, 4.69) is 9.36 Å². The number of nitrogen functional groups attached to an aromatic ring is 1. The second kappa shape index (κ2) is 3.86. The van der Waals surface area contributed by atoms with Crippen LogP contribution in [0.2, 0.25) is 0 Å². The number of aryl methyl sites for hydroxylation is 2. The molecule has 0 aliphatic carbocycles. The van der Waals surface area contributed by atoms with Gasteiger partial charge in [-0.25, -0.2) is 0 Å². The Balaban J connectivity index is 2.24. The van der Waals surface area contributed by atoms with Crippen LogP contribution in [0.3, 0.4) is 0 Å². The standard InChI is InChI=1S/C10H11N3OS/c1-6-5-8(11)3-4-9(6)14-10-12-7(2)13-15-10/h3-5H,11H2,1-2H3. The summed E-state index contributed by atoms with van der Waals surface area (Å²) in [6.45, 7) is 3.78. The third-order valence-electron chi connectivity index (χ3n) is 1.91. The maximum atomic E-state index is 5.64. The van der Waals surface area contributed by atoms with Gasteiger partial charge >= 0.3 is 0 Å². The van der Waals surface area contributed by atoms with Gasteiger partial charge in [0.25, 0.3) is 5.19 Å². The summed E-state index contributed by atoms with van der Waals surface area (Å²) in [4.78, 5) is 4.12. The van der Waals surface area contributed by atoms with E-state index in [9.17, 15) is 0 Å². The van der Waals surface area contributed by atoms with E-state index in [-0.39, 0.29) is 0 Å². The first-order valence-electron chi connectivity index (χ1n) is 4.49. The summed E-state index contributed by atoms with van der Waals surface area (Å²) in [5, 5.41) is 0.556. The van der Waals surface area contributed by atoms with Crippen LogP contribution in [0.4, 0.5) is 5.69 Å². The highest BCUT2D eigenvalue weighted by Crippen LogP contribution is 2.27. The van der Waals surface area contributed by atoms with Gasteiger partial charge in [-0.15, -0.1) is 0 Å². The monoisotopic (exact) mass is 221 g/mol. The molecule has 2 rings (SSSR count). The number of ether oxygens (including phenoxy) is 1. The molecule has 0 saturated carbocycles. The fraction of sp³-hybridized carbons (Fsp3) is 0.200. The van der Waals surface area contributed by atoms with Crippen molar-refractivity contribution in [3.63, 3.8) is 0 Å². The number of benzene rings is 1. The van der Waals surface area contributed by atoms with Crippen LogP contribution in [-0.2, 0) is 0 Å². The Hall–Kier alpha value is -1.62. The second-order valence-corrected chi connectivity index (χ2v) is 3.95. The SMILES string of the molecule is Cc1nsc(Oc2ccc(N)cc2C)n1. The van der Waals surface area contributed by atoms with E-state index < -0.39 is 0 Å². The quantitative estimate of drug-likeness (QED) is 0.791. The lowest BCUT2D eigenvalue weighted by atomic mass is 10.2. The maximum absolute atomic E-state index is 5.64. The fourth-order valence-electron chi connectivity index (χ4n) is 1.20. The molecule has 0 amide bonds. The minimum absolute atomic E-state index is 0.556. The van der Waals surface area contributed by atoms with E-state index in [0.717, 1.165) is 22.8 Å². The molecule has 1 aromatic heterocycles. The Morgan fingerprint density at radius 3 is 2.73 bits per heavy atom. The van der Waals surface area contributed by atoms with E-state index in [1.807, 2.05) is 26.0 Å². The zero-order valence-electron chi connectivity index (χ0n) is 8.52. The summed E-state index contributed by atoms with van der Waals surface area (Å²) in [5.74, 6) is 1.49. The average molecular weight is 221 g/mol. The lowest BCUT2D eigenvalue weighted by Gasteiger charge is -2.05. The van der Waals surface area contributed by atoms with Gasteiger partial charge in [-0.3, -0.25) is 0 Å². The van der Waals surface area contributed by atoms with Crippen LogP contribution in [0.15, 0.2) is 18.2 Å². The predicted octanol–water partition coefficient (Wildman–Crippen LogP) is 2.53. The summed E-state index contributed by atoms with van der Waals surface area (Å²) in [7, 11) is 0. The molecule has 0 spiro atoms. The average Bonchev–Trinajstić information content (AvgIpc) is 2.56. The minimum atomic E-state index is 0.556. The summed E-state index contributed by atoms with van der Waals surface area (Å²) in [6, 6.07) is 5.50. The Labute approximate surface area is 91.9 Å². The van der Waals surface area contributed by atoms with Crippen LogP contribution in [0.1, 0.15) is 11.4 Å². The summed E-state index contributed by atoms with van der Waals surface area (Å²) >= 11 is 1.24. The first-order valence-corrected chi connectivity index (χ1v) is 5.27. The van der Waals surface area contributed by atoms with Crippen molar-refractivity contribution in [1.82, 2.24) is 9.36 Å². The molecule has 15 heavy (non-hydrogen) atoms. The molecule has 1 heterocycles. The first-order chi connectivity index (χ1) is 7.15. The van der Waals surface area contributed by atoms with Crippen LogP contribution < -0.4 is 10.5 Å². The van der Waals surface area contributed by atoms with Crippen LogP contribution in [0.25, 0.3) is 0 Å². The van der Waals surface area contributed by atoms with E-state index >= 15 is 0 Å². The fourth-order valence-corrected chi connectivity index (χ4v) is 1.75. The van der Waals surface area contributed by atoms with Crippen LogP contribution in [-0.4, -0.2) is 9.36 Å². The van der Waals surface area contributed by atoms with E-state index in [1.54, 1.807) is 6.07 Å². The molecule has 2 aromatic rings. The second-order valence-electron chi connectivity index (χ2n) is 3.23. The summed E-state index contributed by atoms with van der Waals surface area (Å²) < 4.78 is 9.62. The topological polar surface area (TPSA) is 61.0 Å². The van der Waals surface area contributed by atoms with Gasteiger partial charge in [0.15, 0.2) is 0 Å². The van der Waals surface area contributed by atoms with Crippen molar-refractivity contribution in [2.24, 2.45) is 0 Å². The van der Waals surface area contributed by atoms with E-state index in [1.165, 1.54) is 11.5 Å². The van der Waals surface area contributed by atoms with Crippen molar-refractivity contribution in [3.05, 3.63) is 29.6 Å². The summed E-state index contributed by atoms with van der Waals surface area (Å²) in [6.07, 6.45) is 0. The molecule has 0 atom stereocenters. The van der Waals surface area contributed by atoms with Gasteiger partial charge in [0.2, 0.25) is 0 Å². The van der Waals surface area contributed by atoms with Gasteiger partial charge in [-0.2, -0.15) is 9.36 Å². The van der Waals surface area contributed by atoms with Crippen LogP contribution in [0, 0.1) is 13.8 Å². The van der Waals surface area contributed by atoms with Gasteiger partial charge in [-0.05, 0) is 37.6 Å². The van der Waals surface area contributed by atoms with E-state index in [4.69, 9.17) is 10.5 Å². The Kier molecular flexibility index (Phi) is 2.55. The van der Waals surface area contributed by atoms with Gasteiger partial charge in [0.1, 0.15) is 11.6 Å². The van der Waals surface area contributed by atoms with Gasteiger partial charge in [-0.1, -0.05) is 0 Å². The van der Waals surface area contributed by atoms with Crippen molar-refractivity contribution < 1.29 is 4.74 Å². The van der Waals surface area contributed by atoms with Crippen LogP contribution in [0.5, 0.6) is 10.9 Å². The number of nitrogens with two attached hydrogens (primary N) is 1. The molecule has 0 fully saturated rings. The normalized spacial score (nSPS) is 10.3. The molecule has 78 valence electrons. The first kappa shape index (κ1) is 9.92. The van der Waals surface area contributed by atoms with Gasteiger partial charge in [0.05, 0.1) is 0 Å². The molecular formula is C10H11N3OS. The smallest absolute Gasteiger partial charge is 0.298 e. The molecule has 0 unspecified atom stereocenters. The third kappa shape index (κ3) is 2.24. The minimum Gasteiger partial charge on any atom is -0.430 e. The molecule has 5 heteroatoms. The lowest BCUT2D eigenvalue weighted by molar-refractivity contribution is 0.474. The lowest BCUT2D eigenvalue weighted by Crippen LogP contribution is -1.90. The number of anilines is 1. The molecule has 2 N–H and O–H groups in total. The van der Waals surface area contributed by atoms with Crippen molar-refractivity contribution >= 4 is 17.2 Å². The predicted molar refractivity (Wildman–Crippen MR) is 60.3 cm³/mol. The van der Waals surface area contributed by atoms with Crippen molar-refractivity contribution in [3.8, 4) is 10.9 Å². The Morgan fingerprint density at radius 1 is 1.33 bits per heavy atom. The number of rotatable bonds is 2. The number of nitrogens with zero attached hydrogens (tertiary/aromatic N) is 2. The molecule has 0 saturated heterocycles. The van der Waals surface area contributed by atoms with E-state index in [0.29, 0.717) is 5.19 Å². The molecule has 4 nitrogen and oxygen atoms in total. The largest absolute Gasteiger partial charge is 0.430 e. The van der Waals surface area contributed by atoms with Crippen molar-refractivity contribution in [2.45, 2.75) is 13.8 Å². The third-order valence-corrected chi connectivity index (χ3v) is 2.59. The molecule has 0 aliphatic heterocycles. The van der Waals surface area contributed by atoms with Crippen molar-refractivity contribution in [2.75, 3.05) is 5.73 Å². The maximum Gasteiger partial charge on any atom is 0.298 e. The highest BCUT2D eigenvalue weighted by molar-refractivity contribution is 7.07. The summed E-state index contributed by atoms with van der Waals surface area (Å²) in [5.41, 5.74) is 7.36. The Bertz CT molecular complexity index is 481. The zero-order valence-corrected chi connectivity index (χ0v) is 9.34. The number of hydrogen-bond acceptors (Lipinski definition) is 5. The highest BCUT2D eigenvalue weighted by Gasteiger charge is 2.05. The molecule has 0 bridgehead atoms. The number of aromatic nitrogens is 2. The molecule has 1 aromatic carbocycles. The molecule has 0 radical (unpaired) electrons. The van der Waals surface area contributed by atoms with Crippen molar-refractivity contribution in [1.29, 1.82) is 0 Å². The van der Waals surface area contributed by atoms with Crippen LogP contribution >= 0.6 is 11.5 Å². The molecule has 0 aliphatic rings. The Morgan fingerprint density at radius 2 is 2.13 bits per heavy atom. The zero-order chi connectivity index (χ0) is 10.8. The number of hydrogen-bond donors (Lipinski definition) is 1. The van der Waals surface area contributed by atoms with Gasteiger partial charge in [0, 0.05) is 17.2 Å². The highest BCUT2D eigenvalue weighted by atomic mass is 32.1. The van der Waals surface area contributed by atoms with Gasteiger partial charge < -0.3 is 10.5 Å². The molecular weight excluding hydrogens is 210 g/mol.